The van der Waals surface area contributed by atoms with Crippen molar-refractivity contribution in [1.29, 1.82) is 0 Å². The van der Waals surface area contributed by atoms with E-state index in [0.717, 1.165) is 33.8 Å². The molecule has 6 nitrogen and oxygen atoms in total. The van der Waals surface area contributed by atoms with Gasteiger partial charge in [0, 0.05) is 18.9 Å². The van der Waals surface area contributed by atoms with Crippen molar-refractivity contribution in [3.05, 3.63) is 24.1 Å². The molecule has 3 aromatic rings. The van der Waals surface area contributed by atoms with Gasteiger partial charge in [0.15, 0.2) is 9.99 Å². The smallest absolute Gasteiger partial charge is 0.180 e. The average molecular weight is 292 g/mol. The molecule has 0 saturated heterocycles. The van der Waals surface area contributed by atoms with Gasteiger partial charge < -0.3 is 9.72 Å². The van der Waals surface area contributed by atoms with E-state index in [9.17, 15) is 0 Å². The van der Waals surface area contributed by atoms with Crippen LogP contribution in [-0.2, 0) is 0 Å². The lowest BCUT2D eigenvalue weighted by Crippen LogP contribution is -2.04. The van der Waals surface area contributed by atoms with Gasteiger partial charge in [0.2, 0.25) is 0 Å². The average Bonchev–Trinajstić information content (AvgIpc) is 3.06. The van der Waals surface area contributed by atoms with E-state index in [1.165, 1.54) is 23.1 Å². The molecule has 0 amide bonds. The van der Waals surface area contributed by atoms with Gasteiger partial charge >= 0.3 is 0 Å². The summed E-state index contributed by atoms with van der Waals surface area (Å²) in [4.78, 5) is 8.92. The summed E-state index contributed by atoms with van der Waals surface area (Å²) in [6.07, 6.45) is 6.69. The number of nitrogens with one attached hydrogen (secondary N) is 1. The number of rotatable bonds is 5. The summed E-state index contributed by atoms with van der Waals surface area (Å²) in [6, 6.07) is 0. The van der Waals surface area contributed by atoms with Crippen molar-refractivity contribution in [2.45, 2.75) is 22.7 Å². The van der Waals surface area contributed by atoms with Crippen LogP contribution in [0.15, 0.2) is 33.5 Å². The molecule has 0 aliphatic carbocycles. The fourth-order valence-corrected chi connectivity index (χ4v) is 3.08. The third kappa shape index (κ3) is 2.69. The van der Waals surface area contributed by atoms with Crippen LogP contribution in [-0.4, -0.2) is 31.1 Å². The SMILES string of the molecule is CCCNc1cn2ccnc2c(Sc2nncs2)n1. The minimum atomic E-state index is 0.835. The Balaban J connectivity index is 1.97. The molecular formula is C11H12N6S2. The van der Waals surface area contributed by atoms with Gasteiger partial charge in [-0.1, -0.05) is 18.3 Å². The highest BCUT2D eigenvalue weighted by Gasteiger charge is 2.10. The summed E-state index contributed by atoms with van der Waals surface area (Å²) in [5.74, 6) is 0.847. The van der Waals surface area contributed by atoms with E-state index in [1.807, 2.05) is 16.8 Å². The zero-order valence-corrected chi connectivity index (χ0v) is 11.9. The third-order valence-electron chi connectivity index (χ3n) is 2.42. The Morgan fingerprint density at radius 2 is 2.42 bits per heavy atom. The molecule has 0 aliphatic rings. The number of anilines is 1. The largest absolute Gasteiger partial charge is 0.369 e. The monoisotopic (exact) mass is 292 g/mol. The minimum absolute atomic E-state index is 0.835. The first kappa shape index (κ1) is 12.4. The van der Waals surface area contributed by atoms with Crippen LogP contribution < -0.4 is 5.32 Å². The van der Waals surface area contributed by atoms with E-state index in [1.54, 1.807) is 11.7 Å². The highest BCUT2D eigenvalue weighted by molar-refractivity contribution is 8.01. The fourth-order valence-electron chi connectivity index (χ4n) is 1.60. The summed E-state index contributed by atoms with van der Waals surface area (Å²) >= 11 is 2.98. The molecule has 0 radical (unpaired) electrons. The Labute approximate surface area is 118 Å². The van der Waals surface area contributed by atoms with Gasteiger partial charge in [0.1, 0.15) is 16.4 Å². The highest BCUT2D eigenvalue weighted by Crippen LogP contribution is 2.30. The first-order valence-electron chi connectivity index (χ1n) is 5.88. The second-order valence-electron chi connectivity index (χ2n) is 3.82. The van der Waals surface area contributed by atoms with Crippen LogP contribution in [0.25, 0.3) is 5.65 Å². The maximum absolute atomic E-state index is 4.59. The normalized spacial score (nSPS) is 11.0. The minimum Gasteiger partial charge on any atom is -0.369 e. The molecule has 0 fully saturated rings. The first-order valence-corrected chi connectivity index (χ1v) is 7.58. The Hall–Kier alpha value is -1.67. The molecule has 0 unspecified atom stereocenters. The Kier molecular flexibility index (Phi) is 3.60. The molecule has 0 spiro atoms. The van der Waals surface area contributed by atoms with E-state index >= 15 is 0 Å². The molecule has 19 heavy (non-hydrogen) atoms. The second-order valence-corrected chi connectivity index (χ2v) is 5.89. The van der Waals surface area contributed by atoms with Gasteiger partial charge in [0.05, 0.1) is 6.20 Å². The quantitative estimate of drug-likeness (QED) is 0.779. The lowest BCUT2D eigenvalue weighted by molar-refractivity contribution is 0.943. The molecule has 3 rings (SSSR count). The third-order valence-corrected chi connectivity index (χ3v) is 4.17. The number of aromatic nitrogens is 5. The standard InChI is InChI=1S/C11H12N6S2/c1-2-3-12-8-6-17-5-4-13-9(17)10(15-8)19-11-16-14-7-18-11/h4-7,12H,2-3H2,1H3. The number of imidazole rings is 1. The fraction of sp³-hybridized carbons (Fsp3) is 0.273. The maximum atomic E-state index is 4.59. The van der Waals surface area contributed by atoms with Crippen molar-refractivity contribution >= 4 is 34.6 Å². The van der Waals surface area contributed by atoms with Gasteiger partial charge in [-0.25, -0.2) is 9.97 Å². The van der Waals surface area contributed by atoms with Crippen molar-refractivity contribution in [2.75, 3.05) is 11.9 Å². The molecule has 3 aromatic heterocycles. The molecule has 98 valence electrons. The number of hydrogen-bond donors (Lipinski definition) is 1. The van der Waals surface area contributed by atoms with Crippen LogP contribution in [0.5, 0.6) is 0 Å². The lowest BCUT2D eigenvalue weighted by atomic mass is 10.5. The summed E-state index contributed by atoms with van der Waals surface area (Å²) < 4.78 is 2.83. The molecule has 0 atom stereocenters. The van der Waals surface area contributed by atoms with E-state index < -0.39 is 0 Å². The van der Waals surface area contributed by atoms with Crippen molar-refractivity contribution in [2.24, 2.45) is 0 Å². The van der Waals surface area contributed by atoms with Gasteiger partial charge in [0.25, 0.3) is 0 Å². The van der Waals surface area contributed by atoms with Crippen LogP contribution in [0, 0.1) is 0 Å². The van der Waals surface area contributed by atoms with Crippen LogP contribution >= 0.6 is 23.1 Å². The van der Waals surface area contributed by atoms with Crippen LogP contribution in [0.3, 0.4) is 0 Å². The van der Waals surface area contributed by atoms with E-state index in [2.05, 4.69) is 32.4 Å². The topological polar surface area (TPSA) is 68.0 Å². The number of nitrogens with zero attached hydrogens (tertiary/aromatic N) is 5. The van der Waals surface area contributed by atoms with Gasteiger partial charge in [-0.2, -0.15) is 0 Å². The maximum Gasteiger partial charge on any atom is 0.180 e. The molecule has 0 aromatic carbocycles. The van der Waals surface area contributed by atoms with E-state index in [0.29, 0.717) is 0 Å². The van der Waals surface area contributed by atoms with Gasteiger partial charge in [-0.05, 0) is 18.2 Å². The van der Waals surface area contributed by atoms with Crippen molar-refractivity contribution < 1.29 is 0 Å². The van der Waals surface area contributed by atoms with Crippen molar-refractivity contribution in [3.8, 4) is 0 Å². The summed E-state index contributed by atoms with van der Waals surface area (Å²) in [7, 11) is 0. The number of hydrogen-bond acceptors (Lipinski definition) is 7. The molecule has 0 saturated carbocycles. The zero-order valence-electron chi connectivity index (χ0n) is 10.3. The molecule has 1 N–H and O–H groups in total. The molecule has 0 bridgehead atoms. The molecular weight excluding hydrogens is 280 g/mol. The molecule has 3 heterocycles. The lowest BCUT2D eigenvalue weighted by Gasteiger charge is -2.07. The van der Waals surface area contributed by atoms with Gasteiger partial charge in [-0.15, -0.1) is 10.2 Å². The predicted molar refractivity (Wildman–Crippen MR) is 75.8 cm³/mol. The summed E-state index contributed by atoms with van der Waals surface area (Å²) in [5, 5.41) is 12.0. The Bertz CT molecular complexity index is 663. The summed E-state index contributed by atoms with van der Waals surface area (Å²) in [5.41, 5.74) is 2.55. The van der Waals surface area contributed by atoms with Crippen LogP contribution in [0.1, 0.15) is 13.3 Å². The van der Waals surface area contributed by atoms with Crippen molar-refractivity contribution in [1.82, 2.24) is 24.6 Å². The predicted octanol–water partition coefficient (Wildman–Crippen LogP) is 2.55. The zero-order chi connectivity index (χ0) is 13.1. The van der Waals surface area contributed by atoms with Crippen molar-refractivity contribution in [3.63, 3.8) is 0 Å². The number of fused-ring (bicyclic) bond motifs is 1. The first-order chi connectivity index (χ1) is 9.36. The Morgan fingerprint density at radius 1 is 1.47 bits per heavy atom. The Morgan fingerprint density at radius 3 is 3.21 bits per heavy atom. The van der Waals surface area contributed by atoms with E-state index in [4.69, 9.17) is 0 Å². The van der Waals surface area contributed by atoms with Crippen LogP contribution in [0.2, 0.25) is 0 Å². The molecule has 0 aliphatic heterocycles. The highest BCUT2D eigenvalue weighted by atomic mass is 32.2. The molecule has 8 heteroatoms. The second kappa shape index (κ2) is 5.54. The van der Waals surface area contributed by atoms with E-state index in [-0.39, 0.29) is 0 Å². The van der Waals surface area contributed by atoms with Gasteiger partial charge in [-0.3, -0.25) is 0 Å². The summed E-state index contributed by atoms with van der Waals surface area (Å²) in [6.45, 7) is 3.02. The van der Waals surface area contributed by atoms with Crippen LogP contribution in [0.4, 0.5) is 5.82 Å².